The van der Waals surface area contributed by atoms with Gasteiger partial charge in [-0.05, 0) is 84.7 Å². The molecule has 1 fully saturated rings. The van der Waals surface area contributed by atoms with Crippen LogP contribution in [0.4, 0.5) is 21.9 Å². The van der Waals surface area contributed by atoms with Crippen LogP contribution in [-0.4, -0.2) is 165 Å². The van der Waals surface area contributed by atoms with Crippen molar-refractivity contribution < 1.29 is 73.1 Å². The average Bonchev–Trinajstić information content (AvgIpc) is 2.74. The number of aliphatic hydroxyl groups excluding tert-OH is 3. The zero-order valence-electron chi connectivity index (χ0n) is 44.6. The number of H-pyrrole nitrogens is 1. The molecule has 3 aliphatic rings. The largest absolute Gasteiger partial charge is 0.479 e. The summed E-state index contributed by atoms with van der Waals surface area (Å²) in [5.41, 5.74) is 8.11. The fourth-order valence-corrected chi connectivity index (χ4v) is 10.2. The summed E-state index contributed by atoms with van der Waals surface area (Å²) in [5.74, 6) is -5.04. The normalized spacial score (nSPS) is 20.1. The topological polar surface area (TPSA) is 373 Å². The Balaban J connectivity index is 0.885. The molecule has 0 aliphatic carbocycles. The van der Waals surface area contributed by atoms with Crippen LogP contribution in [-0.2, 0) is 33.5 Å². The molecule has 1 aromatic heterocycles. The number of carbonyl (C=O) groups is 9. The number of benzene rings is 4. The Labute approximate surface area is 473 Å². The van der Waals surface area contributed by atoms with Crippen LogP contribution in [0.2, 0.25) is 0 Å². The van der Waals surface area contributed by atoms with E-state index in [9.17, 15) is 63.6 Å². The van der Waals surface area contributed by atoms with Crippen LogP contribution in [0.5, 0.6) is 5.75 Å². The molecule has 4 aromatic carbocycles. The molecule has 0 spiro atoms. The predicted molar refractivity (Wildman–Crippen MR) is 299 cm³/mol. The second-order valence-electron chi connectivity index (χ2n) is 20.3. The van der Waals surface area contributed by atoms with E-state index in [1.54, 1.807) is 48.5 Å². The minimum Gasteiger partial charge on any atom is -0.479 e. The van der Waals surface area contributed by atoms with Gasteiger partial charge in [0.15, 0.2) is 6.10 Å². The van der Waals surface area contributed by atoms with Gasteiger partial charge in [0.1, 0.15) is 35.8 Å². The molecule has 0 bridgehead atoms. The third kappa shape index (κ3) is 13.8. The minimum absolute atomic E-state index is 0.0778. The van der Waals surface area contributed by atoms with E-state index in [0.29, 0.717) is 38.7 Å². The van der Waals surface area contributed by atoms with Crippen molar-refractivity contribution in [2.45, 2.75) is 88.2 Å². The van der Waals surface area contributed by atoms with Gasteiger partial charge in [-0.2, -0.15) is 0 Å². The number of rotatable bonds is 24. The van der Waals surface area contributed by atoms with Gasteiger partial charge in [0.05, 0.1) is 11.7 Å². The van der Waals surface area contributed by atoms with Crippen molar-refractivity contribution in [1.29, 1.82) is 0 Å². The van der Waals surface area contributed by atoms with Crippen LogP contribution in [0.1, 0.15) is 71.9 Å². The molecule has 3 aliphatic heterocycles. The molecular weight excluding hydrogens is 1090 g/mol. The van der Waals surface area contributed by atoms with Crippen molar-refractivity contribution in [3.8, 4) is 5.75 Å². The van der Waals surface area contributed by atoms with E-state index in [4.69, 9.17) is 26.8 Å². The number of hydrogen-bond donors (Lipinski definition) is 12. The molecule has 13 N–H and O–H groups in total. The summed E-state index contributed by atoms with van der Waals surface area (Å²) >= 11 is 6.52. The zero-order chi connectivity index (χ0) is 58.9. The number of alkyl halides is 1. The highest BCUT2D eigenvalue weighted by molar-refractivity contribution is 6.19. The molecule has 25 nitrogen and oxygen atoms in total. The van der Waals surface area contributed by atoms with E-state index < -0.39 is 90.2 Å². The van der Waals surface area contributed by atoms with E-state index >= 15 is 0 Å². The number of ether oxygens (including phenoxy) is 2. The summed E-state index contributed by atoms with van der Waals surface area (Å²) in [4.78, 5) is 120. The molecule has 0 saturated carbocycles. The van der Waals surface area contributed by atoms with Gasteiger partial charge in [0.25, 0.3) is 23.6 Å². The van der Waals surface area contributed by atoms with Gasteiger partial charge in [-0.3, -0.25) is 38.5 Å². The fraction of sp³-hybridized carbons (Fsp3) is 0.375. The highest BCUT2D eigenvalue weighted by Gasteiger charge is 2.48. The van der Waals surface area contributed by atoms with Crippen molar-refractivity contribution in [1.82, 2.24) is 31.2 Å². The summed E-state index contributed by atoms with van der Waals surface area (Å²) in [5, 5.41) is 59.7. The lowest BCUT2D eigenvalue weighted by molar-refractivity contribution is -0.270. The molecule has 1 unspecified atom stereocenters. The second kappa shape index (κ2) is 26.4. The highest BCUT2D eigenvalue weighted by Crippen LogP contribution is 2.47. The molecule has 0 radical (unpaired) electrons. The first kappa shape index (κ1) is 59.7. The van der Waals surface area contributed by atoms with E-state index in [1.165, 1.54) is 41.3 Å². The molecule has 434 valence electrons. The maximum atomic E-state index is 14.5. The Kier molecular flexibility index (Phi) is 19.2. The van der Waals surface area contributed by atoms with Crippen LogP contribution in [0.3, 0.4) is 0 Å². The van der Waals surface area contributed by atoms with Crippen LogP contribution in [0.25, 0.3) is 21.7 Å². The fourth-order valence-electron chi connectivity index (χ4n) is 9.96. The van der Waals surface area contributed by atoms with Gasteiger partial charge in [-0.15, -0.1) is 11.6 Å². The summed E-state index contributed by atoms with van der Waals surface area (Å²) in [6.07, 6.45) is -6.19. The number of primary amides is 1. The van der Waals surface area contributed by atoms with Crippen molar-refractivity contribution in [2.24, 2.45) is 11.7 Å². The number of amides is 9. The van der Waals surface area contributed by atoms with Gasteiger partial charge in [-0.25, -0.2) is 9.59 Å². The third-order valence-corrected chi connectivity index (χ3v) is 14.6. The highest BCUT2D eigenvalue weighted by atomic mass is 35.5. The number of nitrogens with zero attached hydrogens (tertiary/aromatic N) is 2. The first-order valence-corrected chi connectivity index (χ1v) is 27.0. The van der Waals surface area contributed by atoms with E-state index in [1.807, 2.05) is 19.9 Å². The van der Waals surface area contributed by atoms with Gasteiger partial charge < -0.3 is 77.4 Å². The number of hydrogen-bond acceptors (Lipinski definition) is 15. The van der Waals surface area contributed by atoms with Crippen LogP contribution in [0.15, 0.2) is 91.0 Å². The summed E-state index contributed by atoms with van der Waals surface area (Å²) in [7, 11) is 0. The first-order chi connectivity index (χ1) is 39.2. The maximum absolute atomic E-state index is 14.5. The van der Waals surface area contributed by atoms with E-state index in [0.717, 1.165) is 10.5 Å². The molecule has 82 heavy (non-hydrogen) atoms. The Morgan fingerprint density at radius 3 is 2.21 bits per heavy atom. The SMILES string of the molecule is CC(C)[C@H](NCCNC(=O)CCCN1C(=O)C=CC1=O)C(=O)N[C@@H](CCCNC(N)=O)C(=O)Nc1ccc(C(=O)Nc2ccc3[nH]c(C(=O)N4C[C@@H](CCl)c5c4cc(OC4O[C@H](C(=O)O)[C@@H](O)[C@H](O)[C@H]4O)c4ccccc54)cc3c2)cc1. The average molecular weight is 1150 g/mol. The lowest BCUT2D eigenvalue weighted by Gasteiger charge is -2.38. The zero-order valence-corrected chi connectivity index (χ0v) is 45.3. The van der Waals surface area contributed by atoms with E-state index in [-0.39, 0.29) is 99.0 Å². The lowest BCUT2D eigenvalue weighted by Crippen LogP contribution is -2.61. The monoisotopic (exact) mass is 1150 g/mol. The number of aromatic nitrogens is 1. The Bertz CT molecular complexity index is 3280. The Morgan fingerprint density at radius 2 is 1.52 bits per heavy atom. The summed E-state index contributed by atoms with van der Waals surface area (Å²) in [6.45, 7) is 4.41. The minimum atomic E-state index is -1.93. The predicted octanol–water partition coefficient (Wildman–Crippen LogP) is 2.13. The number of aromatic amines is 1. The number of aliphatic carboxylic acids is 1. The lowest BCUT2D eigenvalue weighted by atomic mass is 9.95. The number of imide groups is 1. The smallest absolute Gasteiger partial charge is 0.335 e. The van der Waals surface area contributed by atoms with Crippen molar-refractivity contribution >= 4 is 104 Å². The number of nitrogens with one attached hydrogen (secondary N) is 7. The van der Waals surface area contributed by atoms with Crippen molar-refractivity contribution in [3.05, 3.63) is 108 Å². The molecule has 8 atom stereocenters. The Morgan fingerprint density at radius 1 is 0.817 bits per heavy atom. The quantitative estimate of drug-likeness (QED) is 0.0239. The van der Waals surface area contributed by atoms with Gasteiger partial charge >= 0.3 is 12.0 Å². The van der Waals surface area contributed by atoms with Crippen molar-refractivity contribution in [3.63, 3.8) is 0 Å². The number of nitrogens with two attached hydrogens (primary N) is 1. The molecular formula is C56H63ClN10O15. The number of carboxylic acid groups (broad SMARTS) is 1. The standard InChI is InChI=1S/C56H63ClN10O15/c1-28(2)45(60-21-20-59-41(68)10-6-22-66-42(69)17-18-43(66)70)52(76)65-37(9-5-19-61-56(58)80)51(75)62-32-13-11-29(12-14-32)50(74)63-33-15-16-36-30(23-33)24-38(64-36)53(77)67-27-31(26-57)44-35-8-4-3-7-34(35)40(25-39(44)67)81-55-48(73)46(71)47(72)49(82-55)54(78)79/h3-4,7-8,11-18,23-25,28,31,37,45-49,55,60,64,71-73H,5-6,9-10,19-22,26-27H2,1-2H3,(H,59,68)(H,62,75)(H,63,74)(H,65,76)(H,78,79)(H3,58,61,80)/t31-,37+,45+,46+,47+,48-,49+,55?/m1/s1. The van der Waals surface area contributed by atoms with E-state index in [2.05, 4.69) is 36.9 Å². The van der Waals surface area contributed by atoms with Gasteiger partial charge in [0.2, 0.25) is 24.0 Å². The van der Waals surface area contributed by atoms with Gasteiger partial charge in [0, 0.05) is 102 Å². The van der Waals surface area contributed by atoms with Crippen LogP contribution < -0.4 is 47.3 Å². The molecule has 8 rings (SSSR count). The number of carboxylic acids is 1. The summed E-state index contributed by atoms with van der Waals surface area (Å²) < 4.78 is 11.5. The third-order valence-electron chi connectivity index (χ3n) is 14.2. The van der Waals surface area contributed by atoms with Crippen molar-refractivity contribution in [2.75, 3.05) is 54.1 Å². The Hall–Kier alpha value is -8.46. The number of carbonyl (C=O) groups excluding carboxylic acids is 8. The second-order valence-corrected chi connectivity index (χ2v) is 20.6. The van der Waals surface area contributed by atoms with Crippen LogP contribution in [0, 0.1) is 5.92 Å². The number of fused-ring (bicyclic) bond motifs is 4. The number of anilines is 3. The molecule has 9 amide bonds. The summed E-state index contributed by atoms with van der Waals surface area (Å²) in [6, 6.07) is 18.7. The first-order valence-electron chi connectivity index (χ1n) is 26.5. The van der Waals surface area contributed by atoms with Crippen LogP contribution >= 0.6 is 11.6 Å². The van der Waals surface area contributed by atoms with Gasteiger partial charge in [-0.1, -0.05) is 38.1 Å². The molecule has 26 heteroatoms. The number of urea groups is 1. The molecule has 1 saturated heterocycles. The molecule has 4 heterocycles. The molecule has 5 aromatic rings. The number of aliphatic hydroxyl groups is 3. The maximum Gasteiger partial charge on any atom is 0.335 e. The number of halogens is 1.